The third kappa shape index (κ3) is 2.34. The fraction of sp³-hybridized carbons (Fsp3) is 0.562. The first-order chi connectivity index (χ1) is 9.29. The molecule has 3 heteroatoms. The summed E-state index contributed by atoms with van der Waals surface area (Å²) in [6, 6.07) is 6.13. The summed E-state index contributed by atoms with van der Waals surface area (Å²) in [5.74, 6) is 0.902. The van der Waals surface area contributed by atoms with Crippen molar-refractivity contribution in [1.29, 1.82) is 0 Å². The summed E-state index contributed by atoms with van der Waals surface area (Å²) in [5.41, 5.74) is 3.25. The summed E-state index contributed by atoms with van der Waals surface area (Å²) >= 11 is 0. The molecule has 0 aromatic heterocycles. The van der Waals surface area contributed by atoms with E-state index in [9.17, 15) is 4.79 Å². The summed E-state index contributed by atoms with van der Waals surface area (Å²) in [5, 5.41) is 3.41. The Morgan fingerprint density at radius 2 is 2.37 bits per heavy atom. The Kier molecular flexibility index (Phi) is 3.45. The van der Waals surface area contributed by atoms with E-state index in [0.29, 0.717) is 5.92 Å². The van der Waals surface area contributed by atoms with Gasteiger partial charge in [0.25, 0.3) is 5.91 Å². The van der Waals surface area contributed by atoms with Crippen LogP contribution in [-0.2, 0) is 6.42 Å². The highest BCUT2D eigenvalue weighted by atomic mass is 16.2. The molecule has 19 heavy (non-hydrogen) atoms. The van der Waals surface area contributed by atoms with Crippen LogP contribution in [0.2, 0.25) is 0 Å². The normalized spacial score (nSPS) is 21.9. The highest BCUT2D eigenvalue weighted by molar-refractivity contribution is 6.00. The van der Waals surface area contributed by atoms with Crippen molar-refractivity contribution in [1.82, 2.24) is 4.90 Å². The van der Waals surface area contributed by atoms with Crippen molar-refractivity contribution in [3.8, 4) is 0 Å². The predicted molar refractivity (Wildman–Crippen MR) is 77.6 cm³/mol. The number of carbonyl (C=O) groups is 1. The number of nitrogens with one attached hydrogen (secondary N) is 1. The number of amides is 1. The molecule has 1 aromatic rings. The highest BCUT2D eigenvalue weighted by Crippen LogP contribution is 2.29. The molecular formula is C16H22N2O. The lowest BCUT2D eigenvalue weighted by molar-refractivity contribution is 0.0787. The zero-order valence-electron chi connectivity index (χ0n) is 11.6. The van der Waals surface area contributed by atoms with Gasteiger partial charge in [0.05, 0.1) is 11.3 Å². The van der Waals surface area contributed by atoms with Crippen LogP contribution in [0, 0.1) is 5.92 Å². The van der Waals surface area contributed by atoms with Crippen molar-refractivity contribution in [2.24, 2.45) is 5.92 Å². The van der Waals surface area contributed by atoms with E-state index < -0.39 is 0 Å². The van der Waals surface area contributed by atoms with Crippen LogP contribution in [0.5, 0.6) is 0 Å². The Labute approximate surface area is 115 Å². The molecule has 102 valence electrons. The summed E-state index contributed by atoms with van der Waals surface area (Å²) < 4.78 is 0. The molecule has 2 aliphatic heterocycles. The Morgan fingerprint density at radius 1 is 1.47 bits per heavy atom. The lowest BCUT2D eigenvalue weighted by Gasteiger charge is -2.23. The number of aryl methyl sites for hydroxylation is 1. The topological polar surface area (TPSA) is 32.3 Å². The molecule has 3 nitrogen and oxygen atoms in total. The molecule has 1 N–H and O–H groups in total. The van der Waals surface area contributed by atoms with Crippen LogP contribution in [0.1, 0.15) is 42.1 Å². The molecular weight excluding hydrogens is 236 g/mol. The number of hydrogen-bond acceptors (Lipinski definition) is 2. The maximum absolute atomic E-state index is 12.7. The van der Waals surface area contributed by atoms with Crippen molar-refractivity contribution in [3.05, 3.63) is 29.3 Å². The molecule has 1 fully saturated rings. The Hall–Kier alpha value is -1.51. The zero-order valence-corrected chi connectivity index (χ0v) is 11.6. The number of rotatable bonds is 2. The summed E-state index contributed by atoms with van der Waals surface area (Å²) in [6.45, 7) is 5.04. The van der Waals surface area contributed by atoms with Gasteiger partial charge in [-0.3, -0.25) is 4.79 Å². The number of para-hydroxylation sites is 1. The van der Waals surface area contributed by atoms with Gasteiger partial charge in [-0.2, -0.15) is 0 Å². The first-order valence-electron chi connectivity index (χ1n) is 7.44. The van der Waals surface area contributed by atoms with Crippen LogP contribution in [0.25, 0.3) is 0 Å². The van der Waals surface area contributed by atoms with Crippen LogP contribution in [0.3, 0.4) is 0 Å². The minimum absolute atomic E-state index is 0.210. The number of carbonyl (C=O) groups excluding carboxylic acids is 1. The Bertz CT molecular complexity index is 484. The van der Waals surface area contributed by atoms with Crippen molar-refractivity contribution < 1.29 is 4.79 Å². The molecule has 1 amide bonds. The smallest absolute Gasteiger partial charge is 0.255 e. The third-order valence-corrected chi connectivity index (χ3v) is 4.46. The minimum Gasteiger partial charge on any atom is -0.384 e. The third-order valence-electron chi connectivity index (χ3n) is 4.46. The maximum Gasteiger partial charge on any atom is 0.255 e. The van der Waals surface area contributed by atoms with Gasteiger partial charge < -0.3 is 10.2 Å². The summed E-state index contributed by atoms with van der Waals surface area (Å²) in [6.07, 6.45) is 4.58. The van der Waals surface area contributed by atoms with Gasteiger partial charge in [-0.25, -0.2) is 0 Å². The molecule has 0 bridgehead atoms. The number of fused-ring (bicyclic) bond motifs is 1. The second-order valence-electron chi connectivity index (χ2n) is 5.68. The maximum atomic E-state index is 12.7. The number of benzene rings is 1. The highest BCUT2D eigenvalue weighted by Gasteiger charge is 2.28. The van der Waals surface area contributed by atoms with E-state index in [4.69, 9.17) is 0 Å². The van der Waals surface area contributed by atoms with Crippen molar-refractivity contribution >= 4 is 11.6 Å². The Morgan fingerprint density at radius 3 is 3.16 bits per heavy atom. The lowest BCUT2D eigenvalue weighted by Crippen LogP contribution is -2.30. The second-order valence-corrected chi connectivity index (χ2v) is 5.68. The van der Waals surface area contributed by atoms with Gasteiger partial charge in [-0.1, -0.05) is 25.5 Å². The molecule has 0 radical (unpaired) electrons. The molecule has 1 atom stereocenters. The Balaban J connectivity index is 1.84. The zero-order chi connectivity index (χ0) is 13.2. The summed E-state index contributed by atoms with van der Waals surface area (Å²) in [7, 11) is 0. The quantitative estimate of drug-likeness (QED) is 0.884. The molecule has 1 unspecified atom stereocenters. The van der Waals surface area contributed by atoms with Crippen LogP contribution in [0.4, 0.5) is 5.69 Å². The van der Waals surface area contributed by atoms with Gasteiger partial charge in [0.15, 0.2) is 0 Å². The van der Waals surface area contributed by atoms with Gasteiger partial charge in [0.1, 0.15) is 0 Å². The van der Waals surface area contributed by atoms with Crippen molar-refractivity contribution in [3.63, 3.8) is 0 Å². The number of likely N-dealkylation sites (tertiary alicyclic amines) is 1. The number of nitrogens with zero attached hydrogens (tertiary/aromatic N) is 1. The number of anilines is 1. The number of hydrogen-bond donors (Lipinski definition) is 1. The van der Waals surface area contributed by atoms with Crippen molar-refractivity contribution in [2.75, 3.05) is 25.0 Å². The average Bonchev–Trinajstić information content (AvgIpc) is 2.95. The fourth-order valence-corrected chi connectivity index (χ4v) is 3.21. The van der Waals surface area contributed by atoms with E-state index in [1.807, 2.05) is 17.0 Å². The molecule has 1 saturated heterocycles. The van der Waals surface area contributed by atoms with E-state index in [-0.39, 0.29) is 5.91 Å². The van der Waals surface area contributed by atoms with Crippen molar-refractivity contribution in [2.45, 2.75) is 32.6 Å². The predicted octanol–water partition coefficient (Wildman–Crippen LogP) is 2.92. The standard InChI is InChI=1S/C16H22N2O/c1-2-12-8-10-18(11-12)16(19)14-7-3-5-13-6-4-9-17-15(13)14/h3,5,7,12,17H,2,4,6,8-11H2,1H3. The molecule has 1 aromatic carbocycles. The largest absolute Gasteiger partial charge is 0.384 e. The lowest BCUT2D eigenvalue weighted by atomic mass is 9.99. The fourth-order valence-electron chi connectivity index (χ4n) is 3.21. The summed E-state index contributed by atoms with van der Waals surface area (Å²) in [4.78, 5) is 14.7. The van der Waals surface area contributed by atoms with Crippen LogP contribution in [-0.4, -0.2) is 30.4 Å². The van der Waals surface area contributed by atoms with E-state index >= 15 is 0 Å². The molecule has 0 saturated carbocycles. The van der Waals surface area contributed by atoms with Crippen LogP contribution >= 0.6 is 0 Å². The molecule has 2 heterocycles. The minimum atomic E-state index is 0.210. The monoisotopic (exact) mass is 258 g/mol. The van der Waals surface area contributed by atoms with E-state index in [2.05, 4.69) is 18.3 Å². The van der Waals surface area contributed by atoms with Gasteiger partial charge in [0, 0.05) is 19.6 Å². The van der Waals surface area contributed by atoms with Gasteiger partial charge in [-0.05, 0) is 36.8 Å². The molecule has 0 aliphatic carbocycles. The first-order valence-corrected chi connectivity index (χ1v) is 7.44. The molecule has 0 spiro atoms. The van der Waals surface area contributed by atoms with Crippen LogP contribution < -0.4 is 5.32 Å². The second kappa shape index (κ2) is 5.24. The van der Waals surface area contributed by atoms with E-state index in [0.717, 1.165) is 50.1 Å². The SMILES string of the molecule is CCC1CCN(C(=O)c2cccc3c2NCCC3)C1. The average molecular weight is 258 g/mol. The van der Waals surface area contributed by atoms with Gasteiger partial charge in [0.2, 0.25) is 0 Å². The molecule has 2 aliphatic rings. The van der Waals surface area contributed by atoms with Gasteiger partial charge in [-0.15, -0.1) is 0 Å². The van der Waals surface area contributed by atoms with Gasteiger partial charge >= 0.3 is 0 Å². The molecule has 3 rings (SSSR count). The van der Waals surface area contributed by atoms with E-state index in [1.54, 1.807) is 0 Å². The first kappa shape index (κ1) is 12.5. The van der Waals surface area contributed by atoms with E-state index in [1.165, 1.54) is 12.0 Å². The van der Waals surface area contributed by atoms with Crippen LogP contribution in [0.15, 0.2) is 18.2 Å².